The smallest absolute Gasteiger partial charge is 0.406 e. The molecular weight excluding hydrogens is 399 g/mol. The maximum absolute atomic E-state index is 12.8. The third-order valence-electron chi connectivity index (χ3n) is 4.77. The van der Waals surface area contributed by atoms with Gasteiger partial charge in [-0.2, -0.15) is 13.2 Å². The maximum atomic E-state index is 12.8. The van der Waals surface area contributed by atoms with Crippen molar-refractivity contribution in [2.45, 2.75) is 33.5 Å². The molecule has 2 aromatic rings. The lowest BCUT2D eigenvalue weighted by atomic mass is 10.1. The number of amides is 1. The van der Waals surface area contributed by atoms with E-state index >= 15 is 0 Å². The highest BCUT2D eigenvalue weighted by Crippen LogP contribution is 2.23. The number of alkyl halides is 3. The normalized spacial score (nSPS) is 11.6. The van der Waals surface area contributed by atoms with Crippen LogP contribution in [-0.2, 0) is 11.3 Å². The van der Waals surface area contributed by atoms with Gasteiger partial charge in [-0.05, 0) is 50.7 Å². The average molecular weight is 425 g/mol. The molecule has 0 atom stereocenters. The number of anilines is 1. The number of likely N-dealkylation sites (N-methyl/N-ethyl adjacent to an activating group) is 1. The summed E-state index contributed by atoms with van der Waals surface area (Å²) >= 11 is 0. The van der Waals surface area contributed by atoms with Crippen LogP contribution in [-0.4, -0.2) is 54.1 Å². The number of hydrogen-bond acceptors (Lipinski definition) is 4. The Morgan fingerprint density at radius 1 is 1.13 bits per heavy atom. The minimum atomic E-state index is -4.37. The van der Waals surface area contributed by atoms with E-state index in [9.17, 15) is 22.8 Å². The number of ether oxygens (including phenoxy) is 1. The molecular formula is C21H26F3N3O3. The maximum Gasteiger partial charge on any atom is 0.406 e. The first kappa shape index (κ1) is 23.5. The summed E-state index contributed by atoms with van der Waals surface area (Å²) in [7, 11) is 1.55. The molecule has 0 spiro atoms. The summed E-state index contributed by atoms with van der Waals surface area (Å²) in [6.45, 7) is 4.05. The van der Waals surface area contributed by atoms with Crippen LogP contribution >= 0.6 is 0 Å². The van der Waals surface area contributed by atoms with Gasteiger partial charge >= 0.3 is 6.18 Å². The Morgan fingerprint density at radius 3 is 2.30 bits per heavy atom. The zero-order valence-corrected chi connectivity index (χ0v) is 17.5. The summed E-state index contributed by atoms with van der Waals surface area (Å²) in [4.78, 5) is 26.6. The van der Waals surface area contributed by atoms with Crippen molar-refractivity contribution in [3.05, 3.63) is 47.3 Å². The number of Topliss-reactive ketones (excluding diaryl/α,β-unsaturated/α-hetero) is 1. The Labute approximate surface area is 173 Å². The second kappa shape index (κ2) is 9.80. The van der Waals surface area contributed by atoms with Crippen molar-refractivity contribution in [2.24, 2.45) is 0 Å². The van der Waals surface area contributed by atoms with Gasteiger partial charge in [-0.25, -0.2) is 0 Å². The number of benzene rings is 1. The highest BCUT2D eigenvalue weighted by Gasteiger charge is 2.30. The molecule has 0 saturated carbocycles. The molecule has 0 fully saturated rings. The van der Waals surface area contributed by atoms with Crippen LogP contribution in [0.25, 0.3) is 0 Å². The summed E-state index contributed by atoms with van der Waals surface area (Å²) in [5.74, 6) is 0.0462. The van der Waals surface area contributed by atoms with E-state index < -0.39 is 12.7 Å². The molecule has 164 valence electrons. The summed E-state index contributed by atoms with van der Waals surface area (Å²) in [6.07, 6.45) is -4.37. The average Bonchev–Trinajstić information content (AvgIpc) is 2.95. The number of aryl methyl sites for hydroxylation is 1. The van der Waals surface area contributed by atoms with Crippen LogP contribution in [0.1, 0.15) is 28.7 Å². The molecule has 6 nitrogen and oxygen atoms in total. The van der Waals surface area contributed by atoms with Crippen LogP contribution in [0, 0.1) is 13.8 Å². The van der Waals surface area contributed by atoms with Crippen molar-refractivity contribution in [2.75, 3.05) is 32.1 Å². The lowest BCUT2D eigenvalue weighted by Crippen LogP contribution is -2.37. The van der Waals surface area contributed by atoms with Crippen LogP contribution in [0.3, 0.4) is 0 Å². The fraction of sp³-hybridized carbons (Fsp3) is 0.429. The van der Waals surface area contributed by atoms with Crippen molar-refractivity contribution in [3.63, 3.8) is 0 Å². The van der Waals surface area contributed by atoms with Gasteiger partial charge < -0.3 is 14.6 Å². The molecule has 0 aliphatic rings. The van der Waals surface area contributed by atoms with E-state index in [4.69, 9.17) is 4.74 Å². The van der Waals surface area contributed by atoms with Gasteiger partial charge in [-0.3, -0.25) is 14.5 Å². The number of nitrogens with one attached hydrogen (secondary N) is 1. The van der Waals surface area contributed by atoms with E-state index in [0.29, 0.717) is 23.7 Å². The first-order chi connectivity index (χ1) is 14.0. The molecule has 30 heavy (non-hydrogen) atoms. The molecule has 0 bridgehead atoms. The van der Waals surface area contributed by atoms with Crippen LogP contribution in [0.2, 0.25) is 0 Å². The van der Waals surface area contributed by atoms with Crippen molar-refractivity contribution >= 4 is 17.4 Å². The standard InChI is InChI=1S/C21H26F3N3O3/c1-5-26(12-20(29)25-16-6-8-17(30-4)9-7-16)11-19(28)18-10-14(2)27(15(18)3)13-21(22,23)24/h6-10H,5,11-13H2,1-4H3,(H,25,29). The second-order valence-electron chi connectivity index (χ2n) is 6.99. The Hall–Kier alpha value is -2.81. The van der Waals surface area contributed by atoms with E-state index in [0.717, 1.165) is 4.57 Å². The molecule has 0 saturated heterocycles. The molecule has 1 aromatic heterocycles. The predicted molar refractivity (Wildman–Crippen MR) is 108 cm³/mol. The van der Waals surface area contributed by atoms with E-state index in [-0.39, 0.29) is 36.0 Å². The molecule has 2 rings (SSSR count). The highest BCUT2D eigenvalue weighted by atomic mass is 19.4. The van der Waals surface area contributed by atoms with Crippen molar-refractivity contribution in [3.8, 4) is 5.75 Å². The number of ketones is 1. The minimum absolute atomic E-state index is 0.0183. The van der Waals surface area contributed by atoms with Gasteiger partial charge in [0.1, 0.15) is 12.3 Å². The number of aromatic nitrogens is 1. The predicted octanol–water partition coefficient (Wildman–Crippen LogP) is 3.82. The lowest BCUT2D eigenvalue weighted by Gasteiger charge is -2.19. The zero-order valence-electron chi connectivity index (χ0n) is 17.5. The summed E-state index contributed by atoms with van der Waals surface area (Å²) in [5, 5.41) is 2.74. The van der Waals surface area contributed by atoms with Gasteiger partial charge in [0.15, 0.2) is 5.78 Å². The van der Waals surface area contributed by atoms with Gasteiger partial charge in [-0.15, -0.1) is 0 Å². The van der Waals surface area contributed by atoms with Crippen molar-refractivity contribution < 1.29 is 27.5 Å². The second-order valence-corrected chi connectivity index (χ2v) is 6.99. The summed E-state index contributed by atoms with van der Waals surface area (Å²) in [6, 6.07) is 8.30. The van der Waals surface area contributed by atoms with Crippen LogP contribution < -0.4 is 10.1 Å². The largest absolute Gasteiger partial charge is 0.497 e. The highest BCUT2D eigenvalue weighted by molar-refractivity contribution is 5.99. The molecule has 0 aliphatic carbocycles. The Kier molecular flexibility index (Phi) is 7.66. The molecule has 1 aromatic carbocycles. The number of hydrogen-bond donors (Lipinski definition) is 1. The Balaban J connectivity index is 2.02. The first-order valence-corrected chi connectivity index (χ1v) is 9.47. The molecule has 1 N–H and O–H groups in total. The van der Waals surface area contributed by atoms with Crippen LogP contribution in [0.15, 0.2) is 30.3 Å². The lowest BCUT2D eigenvalue weighted by molar-refractivity contribution is -0.141. The monoisotopic (exact) mass is 425 g/mol. The quantitative estimate of drug-likeness (QED) is 0.621. The fourth-order valence-corrected chi connectivity index (χ4v) is 3.15. The van der Waals surface area contributed by atoms with E-state index in [1.54, 1.807) is 43.2 Å². The van der Waals surface area contributed by atoms with Gasteiger partial charge in [0.25, 0.3) is 0 Å². The number of rotatable bonds is 9. The Morgan fingerprint density at radius 2 is 1.77 bits per heavy atom. The van der Waals surface area contributed by atoms with E-state index in [1.165, 1.54) is 19.9 Å². The third kappa shape index (κ3) is 6.35. The van der Waals surface area contributed by atoms with Gasteiger partial charge in [0.2, 0.25) is 5.91 Å². The molecule has 0 unspecified atom stereocenters. The molecule has 9 heteroatoms. The number of halogens is 3. The van der Waals surface area contributed by atoms with Gasteiger partial charge in [0.05, 0.1) is 20.2 Å². The van der Waals surface area contributed by atoms with E-state index in [1.807, 2.05) is 0 Å². The van der Waals surface area contributed by atoms with E-state index in [2.05, 4.69) is 5.32 Å². The topological polar surface area (TPSA) is 63.6 Å². The van der Waals surface area contributed by atoms with Crippen molar-refractivity contribution in [1.29, 1.82) is 0 Å². The van der Waals surface area contributed by atoms with Gasteiger partial charge in [-0.1, -0.05) is 6.92 Å². The van der Waals surface area contributed by atoms with Gasteiger partial charge in [0, 0.05) is 22.6 Å². The summed E-state index contributed by atoms with van der Waals surface area (Å²) in [5.41, 5.74) is 1.48. The number of carbonyl (C=O) groups is 2. The zero-order chi connectivity index (χ0) is 22.5. The Bertz CT molecular complexity index is 889. The fourth-order valence-electron chi connectivity index (χ4n) is 3.15. The number of carbonyl (C=O) groups excluding carboxylic acids is 2. The molecule has 1 heterocycles. The number of methoxy groups -OCH3 is 1. The van der Waals surface area contributed by atoms with Crippen LogP contribution in [0.5, 0.6) is 5.75 Å². The van der Waals surface area contributed by atoms with Crippen LogP contribution in [0.4, 0.5) is 18.9 Å². The third-order valence-corrected chi connectivity index (χ3v) is 4.77. The minimum Gasteiger partial charge on any atom is -0.497 e. The molecule has 1 amide bonds. The SMILES string of the molecule is CCN(CC(=O)Nc1ccc(OC)cc1)CC(=O)c1cc(C)n(CC(F)(F)F)c1C. The first-order valence-electron chi connectivity index (χ1n) is 9.47. The molecule has 0 aliphatic heterocycles. The number of nitrogens with zero attached hydrogens (tertiary/aromatic N) is 2. The van der Waals surface area contributed by atoms with Crippen molar-refractivity contribution in [1.82, 2.24) is 9.47 Å². The summed E-state index contributed by atoms with van der Waals surface area (Å²) < 4.78 is 44.5. The molecule has 0 radical (unpaired) electrons.